The summed E-state index contributed by atoms with van der Waals surface area (Å²) < 4.78 is 10.1. The number of hydrogen-bond acceptors (Lipinski definition) is 10. The van der Waals surface area contributed by atoms with Crippen molar-refractivity contribution in [3.63, 3.8) is 0 Å². The van der Waals surface area contributed by atoms with Crippen molar-refractivity contribution >= 4 is 17.9 Å². The number of ether oxygens (including phenoxy) is 2. The highest BCUT2D eigenvalue weighted by molar-refractivity contribution is 5.99. The fourth-order valence-electron chi connectivity index (χ4n) is 3.51. The molecule has 0 saturated heterocycles. The van der Waals surface area contributed by atoms with Crippen molar-refractivity contribution in [1.82, 2.24) is 0 Å². The van der Waals surface area contributed by atoms with Gasteiger partial charge in [-0.2, -0.15) is 0 Å². The van der Waals surface area contributed by atoms with Crippen LogP contribution in [0.1, 0.15) is 47.8 Å². The van der Waals surface area contributed by atoms with Gasteiger partial charge in [0.05, 0.1) is 0 Å². The molecule has 35 heavy (non-hydrogen) atoms. The van der Waals surface area contributed by atoms with Gasteiger partial charge in [-0.1, -0.05) is 0 Å². The Bertz CT molecular complexity index is 1340. The lowest BCUT2D eigenvalue weighted by Crippen LogP contribution is -2.14. The molecule has 6 N–H and O–H groups in total. The minimum Gasteiger partial charge on any atom is -0.508 e. The molecular formula is C24H20O11. The molecule has 11 heteroatoms. The molecule has 0 unspecified atom stereocenters. The maximum absolute atomic E-state index is 12.7. The summed E-state index contributed by atoms with van der Waals surface area (Å²) in [5, 5.41) is 59.3. The number of carbonyl (C=O) groups excluding carboxylic acids is 2. The maximum atomic E-state index is 12.7. The molecule has 3 aromatic carbocycles. The summed E-state index contributed by atoms with van der Waals surface area (Å²) in [5.41, 5.74) is -0.900. The SMILES string of the molecule is Cc1cc(O)cc(O)c1C(=O)Oc1cc(C)c(C(=O)Oc2c(O)cc(C)c(C(=O)O)c2O)c(O)c1. The first-order valence-electron chi connectivity index (χ1n) is 9.91. The van der Waals surface area contributed by atoms with E-state index in [2.05, 4.69) is 0 Å². The van der Waals surface area contributed by atoms with Crippen LogP contribution in [0.15, 0.2) is 30.3 Å². The van der Waals surface area contributed by atoms with E-state index in [4.69, 9.17) is 9.47 Å². The van der Waals surface area contributed by atoms with Crippen LogP contribution in [0.25, 0.3) is 0 Å². The number of carboxylic acids is 1. The lowest BCUT2D eigenvalue weighted by atomic mass is 10.1. The molecule has 0 radical (unpaired) electrons. The van der Waals surface area contributed by atoms with E-state index in [1.165, 1.54) is 32.9 Å². The standard InChI is InChI=1S/C24H20O11/c1-9-4-12(25)7-14(26)17(9)23(32)34-13-5-10(2)18(15(27)8-13)24(33)35-21-16(28)6-11(3)19(20(21)29)22(30)31/h4-8,25-29H,1-3H3,(H,30,31). The van der Waals surface area contributed by atoms with E-state index in [0.717, 1.165) is 18.2 Å². The minimum absolute atomic E-state index is 0.0207. The Hall–Kier alpha value is -4.93. The predicted octanol–water partition coefficient (Wildman–Crippen LogP) is 3.28. The Morgan fingerprint density at radius 1 is 0.629 bits per heavy atom. The normalized spacial score (nSPS) is 10.6. The Kier molecular flexibility index (Phi) is 6.45. The minimum atomic E-state index is -1.52. The maximum Gasteiger partial charge on any atom is 0.347 e. The van der Waals surface area contributed by atoms with E-state index < -0.39 is 57.8 Å². The molecule has 0 atom stereocenters. The van der Waals surface area contributed by atoms with Gasteiger partial charge in [0.1, 0.15) is 39.7 Å². The Morgan fingerprint density at radius 3 is 1.69 bits per heavy atom. The molecule has 0 aliphatic rings. The smallest absolute Gasteiger partial charge is 0.347 e. The number of benzene rings is 3. The number of carbonyl (C=O) groups is 3. The third-order valence-electron chi connectivity index (χ3n) is 5.05. The van der Waals surface area contributed by atoms with Crippen molar-refractivity contribution in [1.29, 1.82) is 0 Å². The first-order valence-corrected chi connectivity index (χ1v) is 9.91. The van der Waals surface area contributed by atoms with E-state index in [0.29, 0.717) is 0 Å². The third-order valence-corrected chi connectivity index (χ3v) is 5.05. The van der Waals surface area contributed by atoms with Crippen LogP contribution in [0.2, 0.25) is 0 Å². The number of rotatable bonds is 5. The van der Waals surface area contributed by atoms with E-state index in [1.54, 1.807) is 0 Å². The zero-order chi connectivity index (χ0) is 26.2. The zero-order valence-corrected chi connectivity index (χ0v) is 18.6. The summed E-state index contributed by atoms with van der Waals surface area (Å²) in [6, 6.07) is 5.31. The molecule has 0 aliphatic carbocycles. The van der Waals surface area contributed by atoms with E-state index in [-0.39, 0.29) is 33.8 Å². The first kappa shape index (κ1) is 24.7. The second-order valence-electron chi connectivity index (χ2n) is 7.64. The van der Waals surface area contributed by atoms with Crippen LogP contribution in [0.3, 0.4) is 0 Å². The number of carboxylic acid groups (broad SMARTS) is 1. The third kappa shape index (κ3) is 4.74. The first-order chi connectivity index (χ1) is 16.3. The van der Waals surface area contributed by atoms with Crippen molar-refractivity contribution in [2.24, 2.45) is 0 Å². The Balaban J connectivity index is 1.91. The van der Waals surface area contributed by atoms with E-state index in [1.807, 2.05) is 0 Å². The van der Waals surface area contributed by atoms with E-state index >= 15 is 0 Å². The van der Waals surface area contributed by atoms with Gasteiger partial charge in [-0.3, -0.25) is 0 Å². The molecule has 3 aromatic rings. The van der Waals surface area contributed by atoms with Gasteiger partial charge in [-0.15, -0.1) is 0 Å². The number of phenols is 5. The van der Waals surface area contributed by atoms with Gasteiger partial charge >= 0.3 is 17.9 Å². The van der Waals surface area contributed by atoms with Gasteiger partial charge in [0.25, 0.3) is 0 Å². The van der Waals surface area contributed by atoms with Crippen molar-refractivity contribution in [3.8, 4) is 40.2 Å². The van der Waals surface area contributed by atoms with E-state index in [9.17, 15) is 45.0 Å². The fraction of sp³-hybridized carbons (Fsp3) is 0.125. The Labute approximate surface area is 197 Å². The summed E-state index contributed by atoms with van der Waals surface area (Å²) >= 11 is 0. The average molecular weight is 484 g/mol. The topological polar surface area (TPSA) is 191 Å². The summed E-state index contributed by atoms with van der Waals surface area (Å²) in [5.74, 6) is -7.90. The van der Waals surface area contributed by atoms with Gasteiger partial charge in [-0.25, -0.2) is 14.4 Å². The van der Waals surface area contributed by atoms with Gasteiger partial charge in [0, 0.05) is 12.1 Å². The highest BCUT2D eigenvalue weighted by Gasteiger charge is 2.27. The number of phenolic OH excluding ortho intramolecular Hbond substituents is 4. The Morgan fingerprint density at radius 2 is 1.14 bits per heavy atom. The fourth-order valence-corrected chi connectivity index (χ4v) is 3.51. The van der Waals surface area contributed by atoms with Crippen molar-refractivity contribution in [3.05, 3.63) is 63.7 Å². The van der Waals surface area contributed by atoms with Crippen LogP contribution < -0.4 is 9.47 Å². The second kappa shape index (κ2) is 9.14. The molecule has 11 nitrogen and oxygen atoms in total. The van der Waals surface area contributed by atoms with Crippen LogP contribution in [-0.2, 0) is 0 Å². The lowest BCUT2D eigenvalue weighted by molar-refractivity contribution is 0.0676. The van der Waals surface area contributed by atoms with Crippen LogP contribution in [0.5, 0.6) is 40.2 Å². The molecule has 3 rings (SSSR count). The van der Waals surface area contributed by atoms with Crippen molar-refractivity contribution in [2.75, 3.05) is 0 Å². The van der Waals surface area contributed by atoms with Crippen LogP contribution in [0.4, 0.5) is 0 Å². The molecule has 0 fully saturated rings. The summed E-state index contributed by atoms with van der Waals surface area (Å²) in [4.78, 5) is 36.5. The molecule has 0 amide bonds. The van der Waals surface area contributed by atoms with Gasteiger partial charge in [-0.05, 0) is 55.7 Å². The summed E-state index contributed by atoms with van der Waals surface area (Å²) in [6.07, 6.45) is 0. The molecule has 0 saturated carbocycles. The van der Waals surface area contributed by atoms with Crippen LogP contribution in [-0.4, -0.2) is 48.5 Å². The quantitative estimate of drug-likeness (QED) is 0.230. The lowest BCUT2D eigenvalue weighted by Gasteiger charge is -2.15. The number of esters is 2. The average Bonchev–Trinajstić information content (AvgIpc) is 2.69. The molecule has 0 aliphatic heterocycles. The predicted molar refractivity (Wildman–Crippen MR) is 119 cm³/mol. The second-order valence-corrected chi connectivity index (χ2v) is 7.64. The molecule has 0 bridgehead atoms. The van der Waals surface area contributed by atoms with Crippen LogP contribution in [0, 0.1) is 20.8 Å². The van der Waals surface area contributed by atoms with Gasteiger partial charge in [0.15, 0.2) is 11.5 Å². The number of aromatic hydroxyl groups is 5. The monoisotopic (exact) mass is 484 g/mol. The molecular weight excluding hydrogens is 464 g/mol. The number of hydrogen-bond donors (Lipinski definition) is 6. The zero-order valence-electron chi connectivity index (χ0n) is 18.6. The highest BCUT2D eigenvalue weighted by Crippen LogP contribution is 2.42. The molecule has 0 heterocycles. The highest BCUT2D eigenvalue weighted by atomic mass is 16.6. The number of aryl methyl sites for hydroxylation is 3. The molecule has 0 spiro atoms. The summed E-state index contributed by atoms with van der Waals surface area (Å²) in [7, 11) is 0. The van der Waals surface area contributed by atoms with Gasteiger partial charge in [0.2, 0.25) is 5.75 Å². The van der Waals surface area contributed by atoms with Crippen LogP contribution >= 0.6 is 0 Å². The van der Waals surface area contributed by atoms with Gasteiger partial charge < -0.3 is 40.1 Å². The molecule has 182 valence electrons. The van der Waals surface area contributed by atoms with Crippen molar-refractivity contribution in [2.45, 2.75) is 20.8 Å². The largest absolute Gasteiger partial charge is 0.508 e. The number of aromatic carboxylic acids is 1. The molecule has 0 aromatic heterocycles. The van der Waals surface area contributed by atoms with Crippen molar-refractivity contribution < 1.29 is 54.5 Å². The summed E-state index contributed by atoms with van der Waals surface area (Å²) in [6.45, 7) is 4.15.